The largest absolute Gasteiger partial charge is 0.504 e. The summed E-state index contributed by atoms with van der Waals surface area (Å²) in [6.07, 6.45) is 0. The van der Waals surface area contributed by atoms with Gasteiger partial charge >= 0.3 is 0 Å². The molecule has 94 valence electrons. The molecule has 0 spiro atoms. The number of ether oxygens (including phenoxy) is 1. The Morgan fingerprint density at radius 2 is 1.53 bits per heavy atom. The lowest BCUT2D eigenvalue weighted by Crippen LogP contribution is -1.96. The van der Waals surface area contributed by atoms with Crippen molar-refractivity contribution in [2.75, 3.05) is 0 Å². The van der Waals surface area contributed by atoms with E-state index in [1.165, 1.54) is 10.8 Å². The van der Waals surface area contributed by atoms with Crippen LogP contribution in [0.4, 0.5) is 0 Å². The highest BCUT2D eigenvalue weighted by molar-refractivity contribution is 5.85. The summed E-state index contributed by atoms with van der Waals surface area (Å²) in [5.41, 5.74) is 1.11. The number of hydrogen-bond acceptors (Lipinski definition) is 2. The van der Waals surface area contributed by atoms with Crippen molar-refractivity contribution in [3.8, 4) is 11.5 Å². The first-order valence-corrected chi connectivity index (χ1v) is 6.22. The van der Waals surface area contributed by atoms with Gasteiger partial charge in [-0.15, -0.1) is 0 Å². The Morgan fingerprint density at radius 1 is 0.789 bits per heavy atom. The molecule has 0 heterocycles. The van der Waals surface area contributed by atoms with Crippen LogP contribution in [0.2, 0.25) is 0 Å². The highest BCUT2D eigenvalue weighted by Gasteiger charge is 2.03. The first kappa shape index (κ1) is 11.6. The number of phenolic OH excluding ortho intramolecular Hbond substituents is 1. The Bertz CT molecular complexity index is 699. The van der Waals surface area contributed by atoms with Gasteiger partial charge in [0.2, 0.25) is 0 Å². The van der Waals surface area contributed by atoms with E-state index in [4.69, 9.17) is 4.74 Å². The summed E-state index contributed by atoms with van der Waals surface area (Å²) in [5, 5.41) is 12.1. The van der Waals surface area contributed by atoms with Crippen LogP contribution in [-0.2, 0) is 6.61 Å². The van der Waals surface area contributed by atoms with Gasteiger partial charge in [-0.3, -0.25) is 0 Å². The second-order valence-corrected chi connectivity index (χ2v) is 4.39. The van der Waals surface area contributed by atoms with Gasteiger partial charge in [-0.1, -0.05) is 54.6 Å². The number of para-hydroxylation sites is 2. The summed E-state index contributed by atoms with van der Waals surface area (Å²) >= 11 is 0. The van der Waals surface area contributed by atoms with Crippen LogP contribution in [0.5, 0.6) is 11.5 Å². The molecule has 19 heavy (non-hydrogen) atoms. The zero-order chi connectivity index (χ0) is 13.1. The van der Waals surface area contributed by atoms with E-state index in [0.29, 0.717) is 12.4 Å². The molecule has 0 bridgehead atoms. The van der Waals surface area contributed by atoms with E-state index in [0.717, 1.165) is 5.56 Å². The Morgan fingerprint density at radius 3 is 2.42 bits per heavy atom. The third kappa shape index (κ3) is 2.38. The summed E-state index contributed by atoms with van der Waals surface area (Å²) < 4.78 is 5.68. The van der Waals surface area contributed by atoms with Crippen molar-refractivity contribution >= 4 is 10.8 Å². The van der Waals surface area contributed by atoms with Crippen molar-refractivity contribution in [2.24, 2.45) is 0 Å². The molecular weight excluding hydrogens is 236 g/mol. The van der Waals surface area contributed by atoms with E-state index < -0.39 is 0 Å². The lowest BCUT2D eigenvalue weighted by Gasteiger charge is -2.10. The molecule has 0 aliphatic carbocycles. The molecule has 0 atom stereocenters. The molecule has 2 heteroatoms. The normalized spacial score (nSPS) is 10.5. The van der Waals surface area contributed by atoms with E-state index in [-0.39, 0.29) is 5.75 Å². The second kappa shape index (κ2) is 5.02. The maximum absolute atomic E-state index is 9.68. The topological polar surface area (TPSA) is 29.5 Å². The van der Waals surface area contributed by atoms with Crippen molar-refractivity contribution in [2.45, 2.75) is 6.61 Å². The van der Waals surface area contributed by atoms with Crippen molar-refractivity contribution < 1.29 is 9.84 Å². The molecule has 0 fully saturated rings. The maximum Gasteiger partial charge on any atom is 0.161 e. The standard InChI is InChI=1S/C17H14O2/c18-16-10-3-4-11-17(16)19-12-14-8-5-7-13-6-1-2-9-15(13)14/h1-11,18H,12H2. The minimum atomic E-state index is 0.169. The van der Waals surface area contributed by atoms with Gasteiger partial charge in [-0.2, -0.15) is 0 Å². The Kier molecular flexibility index (Phi) is 3.07. The summed E-state index contributed by atoms with van der Waals surface area (Å²) in [6.45, 7) is 0.443. The fourth-order valence-corrected chi connectivity index (χ4v) is 2.15. The van der Waals surface area contributed by atoms with Crippen molar-refractivity contribution in [3.05, 3.63) is 72.3 Å². The molecular formula is C17H14O2. The molecule has 0 aromatic heterocycles. The molecule has 3 rings (SSSR count). The van der Waals surface area contributed by atoms with Gasteiger partial charge in [0.25, 0.3) is 0 Å². The lowest BCUT2D eigenvalue weighted by atomic mass is 10.1. The summed E-state index contributed by atoms with van der Waals surface area (Å²) in [4.78, 5) is 0. The van der Waals surface area contributed by atoms with Gasteiger partial charge < -0.3 is 9.84 Å². The van der Waals surface area contributed by atoms with Crippen LogP contribution >= 0.6 is 0 Å². The third-order valence-electron chi connectivity index (χ3n) is 3.13. The van der Waals surface area contributed by atoms with Crippen LogP contribution in [0.1, 0.15) is 5.56 Å². The number of fused-ring (bicyclic) bond motifs is 1. The van der Waals surface area contributed by atoms with E-state index in [1.54, 1.807) is 18.2 Å². The zero-order valence-electron chi connectivity index (χ0n) is 10.4. The second-order valence-electron chi connectivity index (χ2n) is 4.39. The highest BCUT2D eigenvalue weighted by atomic mass is 16.5. The molecule has 0 radical (unpaired) electrons. The van der Waals surface area contributed by atoms with Crippen molar-refractivity contribution in [1.82, 2.24) is 0 Å². The van der Waals surface area contributed by atoms with Crippen LogP contribution in [0.25, 0.3) is 10.8 Å². The smallest absolute Gasteiger partial charge is 0.161 e. The number of hydrogen-bond donors (Lipinski definition) is 1. The number of aromatic hydroxyl groups is 1. The molecule has 3 aromatic carbocycles. The quantitative estimate of drug-likeness (QED) is 0.757. The minimum absolute atomic E-state index is 0.169. The van der Waals surface area contributed by atoms with Gasteiger partial charge in [0.05, 0.1) is 0 Å². The minimum Gasteiger partial charge on any atom is -0.504 e. The third-order valence-corrected chi connectivity index (χ3v) is 3.13. The van der Waals surface area contributed by atoms with Crippen LogP contribution in [0, 0.1) is 0 Å². The molecule has 3 aromatic rings. The van der Waals surface area contributed by atoms with Crippen LogP contribution in [-0.4, -0.2) is 5.11 Å². The number of rotatable bonds is 3. The summed E-state index contributed by atoms with van der Waals surface area (Å²) in [7, 11) is 0. The fraction of sp³-hybridized carbons (Fsp3) is 0.0588. The average Bonchev–Trinajstić information content (AvgIpc) is 2.46. The van der Waals surface area contributed by atoms with Crippen LogP contribution in [0.15, 0.2) is 66.7 Å². The Hall–Kier alpha value is -2.48. The molecule has 0 unspecified atom stereocenters. The monoisotopic (exact) mass is 250 g/mol. The van der Waals surface area contributed by atoms with Gasteiger partial charge in [0, 0.05) is 0 Å². The molecule has 0 aliphatic rings. The highest BCUT2D eigenvalue weighted by Crippen LogP contribution is 2.26. The van der Waals surface area contributed by atoms with Gasteiger partial charge in [0.15, 0.2) is 11.5 Å². The molecule has 2 nitrogen and oxygen atoms in total. The summed E-state index contributed by atoms with van der Waals surface area (Å²) in [5.74, 6) is 0.679. The van der Waals surface area contributed by atoms with Crippen molar-refractivity contribution in [3.63, 3.8) is 0 Å². The molecule has 0 amide bonds. The van der Waals surface area contributed by atoms with E-state index in [9.17, 15) is 5.11 Å². The number of phenols is 1. The van der Waals surface area contributed by atoms with Gasteiger partial charge in [-0.25, -0.2) is 0 Å². The predicted octanol–water partition coefficient (Wildman–Crippen LogP) is 4.12. The maximum atomic E-state index is 9.68. The molecule has 1 N–H and O–H groups in total. The van der Waals surface area contributed by atoms with Gasteiger partial charge in [0.1, 0.15) is 6.61 Å². The van der Waals surface area contributed by atoms with E-state index in [1.807, 2.05) is 30.3 Å². The molecule has 0 saturated carbocycles. The Balaban J connectivity index is 1.88. The van der Waals surface area contributed by atoms with E-state index in [2.05, 4.69) is 18.2 Å². The summed E-state index contributed by atoms with van der Waals surface area (Å²) in [6, 6.07) is 21.4. The zero-order valence-corrected chi connectivity index (χ0v) is 10.4. The average molecular weight is 250 g/mol. The van der Waals surface area contributed by atoms with E-state index >= 15 is 0 Å². The number of benzene rings is 3. The lowest BCUT2D eigenvalue weighted by molar-refractivity contribution is 0.290. The fourth-order valence-electron chi connectivity index (χ4n) is 2.15. The van der Waals surface area contributed by atoms with Crippen molar-refractivity contribution in [1.29, 1.82) is 0 Å². The van der Waals surface area contributed by atoms with Crippen LogP contribution < -0.4 is 4.74 Å². The molecule has 0 aliphatic heterocycles. The molecule has 0 saturated heterocycles. The van der Waals surface area contributed by atoms with Crippen LogP contribution in [0.3, 0.4) is 0 Å². The SMILES string of the molecule is Oc1ccccc1OCc1cccc2ccccc12. The Labute approximate surface area is 111 Å². The van der Waals surface area contributed by atoms with Gasteiger partial charge in [-0.05, 0) is 28.5 Å². The predicted molar refractivity (Wildman–Crippen MR) is 76.4 cm³/mol. The first-order valence-electron chi connectivity index (χ1n) is 6.22. The first-order chi connectivity index (χ1) is 9.34.